The van der Waals surface area contributed by atoms with Gasteiger partial charge in [0.1, 0.15) is 5.82 Å². The van der Waals surface area contributed by atoms with Crippen molar-refractivity contribution in [2.24, 2.45) is 0 Å². The first kappa shape index (κ1) is 23.7. The summed E-state index contributed by atoms with van der Waals surface area (Å²) in [7, 11) is 0. The summed E-state index contributed by atoms with van der Waals surface area (Å²) in [6.07, 6.45) is 1.57. The lowest BCUT2D eigenvalue weighted by Crippen LogP contribution is -2.38. The van der Waals surface area contributed by atoms with E-state index in [-0.39, 0.29) is 12.0 Å². The largest absolute Gasteiger partial charge is 0.462 e. The van der Waals surface area contributed by atoms with Gasteiger partial charge in [-0.2, -0.15) is 4.37 Å². The summed E-state index contributed by atoms with van der Waals surface area (Å²) in [4.78, 5) is 33.3. The van der Waals surface area contributed by atoms with Crippen LogP contribution in [0.25, 0.3) is 0 Å². The Morgan fingerprint density at radius 2 is 1.79 bits per heavy atom. The highest BCUT2D eigenvalue weighted by Crippen LogP contribution is 2.21. The fourth-order valence-electron chi connectivity index (χ4n) is 3.75. The monoisotopic (exact) mass is 479 g/mol. The maximum absolute atomic E-state index is 12.8. The van der Waals surface area contributed by atoms with Gasteiger partial charge in [-0.25, -0.2) is 14.6 Å². The van der Waals surface area contributed by atoms with E-state index in [1.807, 2.05) is 4.90 Å². The highest BCUT2D eigenvalue weighted by molar-refractivity contribution is 7.09. The smallest absolute Gasteiger partial charge is 0.338 e. The van der Waals surface area contributed by atoms with Gasteiger partial charge in [0.25, 0.3) is 0 Å². The van der Waals surface area contributed by atoms with Gasteiger partial charge in [0, 0.05) is 49.8 Å². The van der Waals surface area contributed by atoms with Crippen LogP contribution in [0.5, 0.6) is 0 Å². The molecule has 4 rings (SSSR count). The third kappa shape index (κ3) is 6.11. The van der Waals surface area contributed by atoms with Crippen molar-refractivity contribution in [2.75, 3.05) is 43.0 Å². The van der Waals surface area contributed by atoms with Crippen LogP contribution in [0.4, 0.5) is 15.6 Å². The predicted molar refractivity (Wildman–Crippen MR) is 134 cm³/mol. The fourth-order valence-corrected chi connectivity index (χ4v) is 4.49. The maximum Gasteiger partial charge on any atom is 0.338 e. The predicted octanol–water partition coefficient (Wildman–Crippen LogP) is 4.36. The van der Waals surface area contributed by atoms with Gasteiger partial charge >= 0.3 is 12.0 Å². The van der Waals surface area contributed by atoms with Gasteiger partial charge in [-0.15, -0.1) is 0 Å². The number of hydrogen-bond acceptors (Lipinski definition) is 7. The molecule has 34 heavy (non-hydrogen) atoms. The number of rotatable bonds is 6. The van der Waals surface area contributed by atoms with Gasteiger partial charge in [0.05, 0.1) is 12.2 Å². The summed E-state index contributed by atoms with van der Waals surface area (Å²) >= 11 is 1.41. The van der Waals surface area contributed by atoms with Gasteiger partial charge in [0.15, 0.2) is 0 Å². The summed E-state index contributed by atoms with van der Waals surface area (Å²) in [5.74, 6) is 0.459. The van der Waals surface area contributed by atoms with Crippen LogP contribution >= 0.6 is 11.5 Å². The number of nitrogens with zero attached hydrogens (tertiary/aromatic N) is 4. The molecule has 1 saturated heterocycles. The molecule has 0 aliphatic carbocycles. The molecule has 2 aromatic carbocycles. The molecule has 0 bridgehead atoms. The maximum atomic E-state index is 12.8. The zero-order valence-electron chi connectivity index (χ0n) is 19.5. The number of carbonyl (C=O) groups excluding carboxylic acids is 2. The molecule has 0 unspecified atom stereocenters. The number of carbonyl (C=O) groups is 2. The molecule has 1 aliphatic rings. The second-order valence-electron chi connectivity index (χ2n) is 8.21. The molecule has 0 atom stereocenters. The molecule has 178 valence electrons. The van der Waals surface area contributed by atoms with Crippen LogP contribution in [0.2, 0.25) is 0 Å². The molecule has 0 spiro atoms. The van der Waals surface area contributed by atoms with E-state index in [1.165, 1.54) is 22.7 Å². The van der Waals surface area contributed by atoms with Crippen molar-refractivity contribution >= 4 is 34.4 Å². The normalized spacial score (nSPS) is 13.9. The first-order valence-corrected chi connectivity index (χ1v) is 12.3. The van der Waals surface area contributed by atoms with Gasteiger partial charge < -0.3 is 19.9 Å². The number of aryl methyl sites for hydroxylation is 1. The highest BCUT2D eigenvalue weighted by atomic mass is 32.1. The molecule has 0 saturated carbocycles. The Labute approximate surface area is 203 Å². The minimum absolute atomic E-state index is 0.150. The Morgan fingerprint density at radius 1 is 1.03 bits per heavy atom. The number of ether oxygens (including phenoxy) is 1. The topological polar surface area (TPSA) is 87.7 Å². The first-order valence-electron chi connectivity index (χ1n) is 11.5. The zero-order chi connectivity index (χ0) is 23.9. The Balaban J connectivity index is 1.30. The molecule has 2 heterocycles. The molecular weight excluding hydrogens is 450 g/mol. The Bertz CT molecular complexity index is 1110. The summed E-state index contributed by atoms with van der Waals surface area (Å²) < 4.78 is 9.54. The van der Waals surface area contributed by atoms with E-state index in [0.717, 1.165) is 23.9 Å². The van der Waals surface area contributed by atoms with Crippen molar-refractivity contribution in [2.45, 2.75) is 26.7 Å². The average Bonchev–Trinajstić information content (AvgIpc) is 3.15. The summed E-state index contributed by atoms with van der Waals surface area (Å²) in [5.41, 5.74) is 3.54. The third-order valence-electron chi connectivity index (χ3n) is 5.64. The molecule has 1 aliphatic heterocycles. The SMILES string of the molecule is CCOC(=O)c1ccc(NC(=O)N2CCCN(c3nc(Cc4ccc(C)cc4)ns3)CC2)cc1. The number of anilines is 2. The van der Waals surface area contributed by atoms with Gasteiger partial charge in [0.2, 0.25) is 5.13 Å². The van der Waals surface area contributed by atoms with Crippen molar-refractivity contribution in [1.29, 1.82) is 0 Å². The number of nitrogens with one attached hydrogen (secondary N) is 1. The molecular formula is C25H29N5O3S. The van der Waals surface area contributed by atoms with E-state index >= 15 is 0 Å². The van der Waals surface area contributed by atoms with Crippen molar-refractivity contribution in [3.05, 3.63) is 71.0 Å². The van der Waals surface area contributed by atoms with Gasteiger partial charge in [-0.1, -0.05) is 29.8 Å². The van der Waals surface area contributed by atoms with Gasteiger partial charge in [-0.3, -0.25) is 0 Å². The van der Waals surface area contributed by atoms with E-state index in [0.29, 0.717) is 43.9 Å². The standard InChI is InChI=1S/C25H29N5O3S/c1-3-33-23(31)20-9-11-21(12-10-20)26-24(32)29-13-4-14-30(16-15-29)25-27-22(28-34-25)17-19-7-5-18(2)6-8-19/h5-12H,3-4,13-17H2,1-2H3,(H,26,32). The van der Waals surface area contributed by atoms with Crippen LogP contribution in [-0.2, 0) is 11.2 Å². The van der Waals surface area contributed by atoms with E-state index in [2.05, 4.69) is 45.8 Å². The molecule has 3 aromatic rings. The number of hydrogen-bond donors (Lipinski definition) is 1. The lowest BCUT2D eigenvalue weighted by Gasteiger charge is -2.22. The molecule has 2 amide bonds. The zero-order valence-corrected chi connectivity index (χ0v) is 20.3. The van der Waals surface area contributed by atoms with Crippen LogP contribution in [0.15, 0.2) is 48.5 Å². The number of amides is 2. The molecule has 9 heteroatoms. The number of benzene rings is 2. The number of urea groups is 1. The van der Waals surface area contributed by atoms with Crippen molar-refractivity contribution < 1.29 is 14.3 Å². The average molecular weight is 480 g/mol. The second kappa shape index (κ2) is 11.1. The van der Waals surface area contributed by atoms with Crippen molar-refractivity contribution in [1.82, 2.24) is 14.3 Å². The fraction of sp³-hybridized carbons (Fsp3) is 0.360. The third-order valence-corrected chi connectivity index (χ3v) is 6.46. The summed E-state index contributed by atoms with van der Waals surface area (Å²) in [6, 6.07) is 15.0. The lowest BCUT2D eigenvalue weighted by atomic mass is 10.1. The van der Waals surface area contributed by atoms with Crippen LogP contribution in [-0.4, -0.2) is 59.0 Å². The minimum atomic E-state index is -0.369. The number of esters is 1. The van der Waals surface area contributed by atoms with Crippen LogP contribution in [0.3, 0.4) is 0 Å². The Kier molecular flexibility index (Phi) is 7.74. The van der Waals surface area contributed by atoms with Crippen LogP contribution in [0.1, 0.15) is 40.7 Å². The first-order chi connectivity index (χ1) is 16.5. The summed E-state index contributed by atoms with van der Waals surface area (Å²) in [6.45, 7) is 6.97. The molecule has 8 nitrogen and oxygen atoms in total. The lowest BCUT2D eigenvalue weighted by molar-refractivity contribution is 0.0526. The van der Waals surface area contributed by atoms with Gasteiger partial charge in [-0.05, 0) is 50.1 Å². The number of aromatic nitrogens is 2. The van der Waals surface area contributed by atoms with Crippen molar-refractivity contribution in [3.63, 3.8) is 0 Å². The summed E-state index contributed by atoms with van der Waals surface area (Å²) in [5, 5.41) is 3.82. The molecule has 1 fully saturated rings. The van der Waals surface area contributed by atoms with E-state index in [1.54, 1.807) is 31.2 Å². The quantitative estimate of drug-likeness (QED) is 0.529. The van der Waals surface area contributed by atoms with Crippen LogP contribution in [0, 0.1) is 6.92 Å². The Morgan fingerprint density at radius 3 is 2.53 bits per heavy atom. The molecule has 0 radical (unpaired) electrons. The minimum Gasteiger partial charge on any atom is -0.462 e. The second-order valence-corrected chi connectivity index (χ2v) is 8.94. The van der Waals surface area contributed by atoms with E-state index in [4.69, 9.17) is 9.72 Å². The molecule has 1 aromatic heterocycles. The Hall–Kier alpha value is -3.46. The van der Waals surface area contributed by atoms with Crippen LogP contribution < -0.4 is 10.2 Å². The molecule has 1 N–H and O–H groups in total. The highest BCUT2D eigenvalue weighted by Gasteiger charge is 2.21. The van der Waals surface area contributed by atoms with E-state index < -0.39 is 0 Å². The van der Waals surface area contributed by atoms with E-state index in [9.17, 15) is 9.59 Å². The van der Waals surface area contributed by atoms with Crippen molar-refractivity contribution in [3.8, 4) is 0 Å².